The van der Waals surface area contributed by atoms with Crippen molar-refractivity contribution >= 4 is 39.5 Å². The van der Waals surface area contributed by atoms with Crippen molar-refractivity contribution < 1.29 is 9.53 Å². The highest BCUT2D eigenvalue weighted by atomic mass is 79.9. The summed E-state index contributed by atoms with van der Waals surface area (Å²) in [6.45, 7) is 0. The summed E-state index contributed by atoms with van der Waals surface area (Å²) in [5, 5.41) is 3.62. The second-order valence-corrected chi connectivity index (χ2v) is 4.21. The minimum absolute atomic E-state index is 0.231. The molecular weight excluding hydrogens is 282 g/mol. The van der Waals surface area contributed by atoms with E-state index in [1.807, 2.05) is 0 Å². The van der Waals surface area contributed by atoms with Gasteiger partial charge in [-0.15, -0.1) is 0 Å². The van der Waals surface area contributed by atoms with E-state index in [2.05, 4.69) is 36.0 Å². The Hall–Kier alpha value is -0.820. The Labute approximate surface area is 100 Å². The number of rotatable bonds is 4. The summed E-state index contributed by atoms with van der Waals surface area (Å²) < 4.78 is 5.29. The lowest BCUT2D eigenvalue weighted by molar-refractivity contribution is -0.137. The maximum absolute atomic E-state index is 10.9. The molecule has 0 saturated carbocycles. The predicted octanol–water partition coefficient (Wildman–Crippen LogP) is 1.55. The molecule has 0 aromatic carbocycles. The van der Waals surface area contributed by atoms with Crippen LogP contribution in [0.5, 0.6) is 0 Å². The summed E-state index contributed by atoms with van der Waals surface area (Å²) >= 11 is 4.65. The maximum atomic E-state index is 10.9. The number of ether oxygens (including phenoxy) is 1. The molecule has 82 valence electrons. The van der Waals surface area contributed by atoms with Crippen molar-refractivity contribution in [3.63, 3.8) is 0 Å². The van der Waals surface area contributed by atoms with Crippen molar-refractivity contribution in [2.24, 2.45) is 0 Å². The normalized spacial score (nSPS) is 9.80. The van der Waals surface area contributed by atoms with E-state index in [0.717, 1.165) is 4.47 Å². The van der Waals surface area contributed by atoms with E-state index in [1.54, 1.807) is 7.05 Å². The Bertz CT molecular complexity index is 362. The fourth-order valence-electron chi connectivity index (χ4n) is 0.815. The van der Waals surface area contributed by atoms with E-state index in [1.165, 1.54) is 25.2 Å². The summed E-state index contributed by atoms with van der Waals surface area (Å²) in [7, 11) is 3.12. The second kappa shape index (κ2) is 5.92. The summed E-state index contributed by atoms with van der Waals surface area (Å²) in [5.74, 6) is 0.642. The molecule has 1 rings (SSSR count). The SMILES string of the molecule is CNc1ncnc(SCC(=O)OC)c1Br. The number of hydrogen-bond acceptors (Lipinski definition) is 6. The lowest BCUT2D eigenvalue weighted by Gasteiger charge is -2.05. The van der Waals surface area contributed by atoms with Crippen LogP contribution < -0.4 is 5.32 Å². The van der Waals surface area contributed by atoms with E-state index in [4.69, 9.17) is 0 Å². The van der Waals surface area contributed by atoms with Gasteiger partial charge >= 0.3 is 5.97 Å². The van der Waals surface area contributed by atoms with Crippen LogP contribution in [0.4, 0.5) is 5.82 Å². The number of anilines is 1. The number of hydrogen-bond donors (Lipinski definition) is 1. The number of methoxy groups -OCH3 is 1. The van der Waals surface area contributed by atoms with Crippen LogP contribution >= 0.6 is 27.7 Å². The average molecular weight is 292 g/mol. The molecule has 0 unspecified atom stereocenters. The van der Waals surface area contributed by atoms with Crippen LogP contribution in [0.15, 0.2) is 15.8 Å². The first-order valence-electron chi connectivity index (χ1n) is 4.07. The molecule has 0 bridgehead atoms. The summed E-state index contributed by atoms with van der Waals surface area (Å²) in [4.78, 5) is 19.0. The van der Waals surface area contributed by atoms with E-state index < -0.39 is 0 Å². The van der Waals surface area contributed by atoms with Crippen LogP contribution in [0.25, 0.3) is 0 Å². The van der Waals surface area contributed by atoms with Gasteiger partial charge in [-0.25, -0.2) is 9.97 Å². The highest BCUT2D eigenvalue weighted by Gasteiger charge is 2.10. The van der Waals surface area contributed by atoms with Crippen molar-refractivity contribution in [3.05, 3.63) is 10.8 Å². The summed E-state index contributed by atoms with van der Waals surface area (Å²) in [6, 6.07) is 0. The quantitative estimate of drug-likeness (QED) is 0.516. The smallest absolute Gasteiger partial charge is 0.316 e. The predicted molar refractivity (Wildman–Crippen MR) is 62.0 cm³/mol. The standard InChI is InChI=1S/C8H10BrN3O2S/c1-10-7-6(9)8(12-4-11-7)15-3-5(13)14-2/h4H,3H2,1-2H3,(H,10,11,12). The number of carbonyl (C=O) groups is 1. The highest BCUT2D eigenvalue weighted by Crippen LogP contribution is 2.29. The van der Waals surface area contributed by atoms with Crippen molar-refractivity contribution in [1.29, 1.82) is 0 Å². The molecule has 1 aromatic heterocycles. The van der Waals surface area contributed by atoms with Gasteiger partial charge in [-0.1, -0.05) is 11.8 Å². The monoisotopic (exact) mass is 291 g/mol. The average Bonchev–Trinajstić information content (AvgIpc) is 2.27. The van der Waals surface area contributed by atoms with Gasteiger partial charge in [-0.05, 0) is 15.9 Å². The fourth-order valence-corrected chi connectivity index (χ4v) is 2.28. The number of thioether (sulfide) groups is 1. The van der Waals surface area contributed by atoms with Crippen LogP contribution in [0.2, 0.25) is 0 Å². The zero-order valence-electron chi connectivity index (χ0n) is 8.28. The van der Waals surface area contributed by atoms with Crippen molar-refractivity contribution in [2.45, 2.75) is 5.03 Å². The van der Waals surface area contributed by atoms with Gasteiger partial charge in [0.2, 0.25) is 0 Å². The fraction of sp³-hybridized carbons (Fsp3) is 0.375. The van der Waals surface area contributed by atoms with Crippen molar-refractivity contribution in [3.8, 4) is 0 Å². The van der Waals surface area contributed by atoms with E-state index in [9.17, 15) is 4.79 Å². The molecule has 15 heavy (non-hydrogen) atoms. The third-order valence-electron chi connectivity index (χ3n) is 1.55. The molecule has 1 heterocycles. The number of nitrogens with zero attached hydrogens (tertiary/aromatic N) is 2. The van der Waals surface area contributed by atoms with Gasteiger partial charge in [0.1, 0.15) is 17.2 Å². The Morgan fingerprint density at radius 2 is 2.40 bits per heavy atom. The van der Waals surface area contributed by atoms with Gasteiger partial charge in [-0.3, -0.25) is 4.79 Å². The maximum Gasteiger partial charge on any atom is 0.316 e. The highest BCUT2D eigenvalue weighted by molar-refractivity contribution is 9.10. The van der Waals surface area contributed by atoms with E-state index in [0.29, 0.717) is 10.8 Å². The van der Waals surface area contributed by atoms with Gasteiger partial charge in [0, 0.05) is 7.05 Å². The first-order valence-corrected chi connectivity index (χ1v) is 5.84. The van der Waals surface area contributed by atoms with Gasteiger partial charge in [0.15, 0.2) is 0 Å². The molecule has 0 aliphatic heterocycles. The molecule has 0 aliphatic carbocycles. The third kappa shape index (κ3) is 3.35. The zero-order chi connectivity index (χ0) is 11.3. The van der Waals surface area contributed by atoms with Gasteiger partial charge in [0.05, 0.1) is 17.3 Å². The molecule has 0 fully saturated rings. The first-order chi connectivity index (χ1) is 7.19. The van der Waals surface area contributed by atoms with Crippen LogP contribution in [-0.4, -0.2) is 35.8 Å². The molecule has 0 amide bonds. The molecule has 0 radical (unpaired) electrons. The van der Waals surface area contributed by atoms with Gasteiger partial charge < -0.3 is 10.1 Å². The van der Waals surface area contributed by atoms with E-state index in [-0.39, 0.29) is 11.7 Å². The van der Waals surface area contributed by atoms with Gasteiger partial charge in [0.25, 0.3) is 0 Å². The molecule has 5 nitrogen and oxygen atoms in total. The van der Waals surface area contributed by atoms with Gasteiger partial charge in [-0.2, -0.15) is 0 Å². The Kier molecular flexibility index (Phi) is 4.83. The molecule has 7 heteroatoms. The summed E-state index contributed by atoms with van der Waals surface area (Å²) in [6.07, 6.45) is 1.44. The molecule has 0 saturated heterocycles. The Balaban J connectivity index is 2.73. The second-order valence-electron chi connectivity index (χ2n) is 2.46. The van der Waals surface area contributed by atoms with E-state index >= 15 is 0 Å². The number of aromatic nitrogens is 2. The Morgan fingerprint density at radius 1 is 1.67 bits per heavy atom. The molecular formula is C8H10BrN3O2S. The zero-order valence-corrected chi connectivity index (χ0v) is 10.7. The number of nitrogens with one attached hydrogen (secondary N) is 1. The molecule has 1 aromatic rings. The molecule has 0 spiro atoms. The molecule has 0 atom stereocenters. The minimum atomic E-state index is -0.281. The topological polar surface area (TPSA) is 64.1 Å². The molecule has 1 N–H and O–H groups in total. The van der Waals surface area contributed by atoms with Crippen LogP contribution in [-0.2, 0) is 9.53 Å². The number of esters is 1. The number of halogens is 1. The molecule has 0 aliphatic rings. The Morgan fingerprint density at radius 3 is 3.00 bits per heavy atom. The lowest BCUT2D eigenvalue weighted by atomic mass is 10.6. The van der Waals surface area contributed by atoms with Crippen molar-refractivity contribution in [2.75, 3.05) is 25.2 Å². The largest absolute Gasteiger partial charge is 0.468 e. The number of carbonyl (C=O) groups excluding carboxylic acids is 1. The summed E-state index contributed by atoms with van der Waals surface area (Å²) in [5.41, 5.74) is 0. The van der Waals surface area contributed by atoms with Crippen molar-refractivity contribution in [1.82, 2.24) is 9.97 Å². The first kappa shape index (κ1) is 12.3. The lowest BCUT2D eigenvalue weighted by Crippen LogP contribution is -2.04. The van der Waals surface area contributed by atoms with Crippen LogP contribution in [0.1, 0.15) is 0 Å². The van der Waals surface area contributed by atoms with Crippen LogP contribution in [0.3, 0.4) is 0 Å². The minimum Gasteiger partial charge on any atom is -0.468 e. The third-order valence-corrected chi connectivity index (χ3v) is 3.53. The van der Waals surface area contributed by atoms with Crippen LogP contribution in [0, 0.1) is 0 Å².